The Morgan fingerprint density at radius 2 is 1.80 bits per heavy atom. The molecule has 5 nitrogen and oxygen atoms in total. The van der Waals surface area contributed by atoms with Gasteiger partial charge in [0.2, 0.25) is 0 Å². The Hall–Kier alpha value is -1.63. The smallest absolute Gasteiger partial charge is 0.175 e. The summed E-state index contributed by atoms with van der Waals surface area (Å²) in [5.74, 6) is 2.97. The maximum absolute atomic E-state index is 6.07. The molecule has 1 N–H and O–H groups in total. The molecule has 1 aliphatic rings. The zero-order chi connectivity index (χ0) is 20.5. The fourth-order valence-corrected chi connectivity index (χ4v) is 3.86. The van der Waals surface area contributed by atoms with E-state index in [9.17, 15) is 0 Å². The number of nitrogens with one attached hydrogen (secondary N) is 1. The average Bonchev–Trinajstić information content (AvgIpc) is 2.75. The Morgan fingerprint density at radius 3 is 2.57 bits per heavy atom. The van der Waals surface area contributed by atoms with Crippen molar-refractivity contribution in [1.29, 1.82) is 0 Å². The Balaban J connectivity index is 0.00000320. The first-order valence-corrected chi connectivity index (χ1v) is 11.1. The molecule has 166 valence electrons. The van der Waals surface area contributed by atoms with Crippen molar-refractivity contribution in [3.63, 3.8) is 0 Å². The third-order valence-corrected chi connectivity index (χ3v) is 5.40. The highest BCUT2D eigenvalue weighted by atomic mass is 79.9. The molecule has 0 amide bonds. The first-order valence-electron chi connectivity index (χ1n) is 10.3. The number of rotatable bonds is 11. The van der Waals surface area contributed by atoms with Gasteiger partial charge in [0.1, 0.15) is 19.8 Å². The van der Waals surface area contributed by atoms with Gasteiger partial charge in [0, 0.05) is 6.54 Å². The van der Waals surface area contributed by atoms with E-state index in [1.54, 1.807) is 7.11 Å². The van der Waals surface area contributed by atoms with E-state index in [0.717, 1.165) is 45.9 Å². The second-order valence-corrected chi connectivity index (χ2v) is 7.97. The highest BCUT2D eigenvalue weighted by Crippen LogP contribution is 2.38. The number of halogens is 2. The molecule has 0 aromatic heterocycles. The fraction of sp³-hybridized carbons (Fsp3) is 0.478. The van der Waals surface area contributed by atoms with Crippen molar-refractivity contribution in [3.8, 4) is 23.0 Å². The molecule has 0 bridgehead atoms. The number of ether oxygens (including phenoxy) is 4. The predicted molar refractivity (Wildman–Crippen MR) is 126 cm³/mol. The average molecular weight is 501 g/mol. The topological polar surface area (TPSA) is 49.0 Å². The monoisotopic (exact) mass is 499 g/mol. The van der Waals surface area contributed by atoms with E-state index in [1.807, 2.05) is 24.3 Å². The highest BCUT2D eigenvalue weighted by molar-refractivity contribution is 9.10. The molecule has 0 spiro atoms. The highest BCUT2D eigenvalue weighted by Gasteiger charge is 2.14. The Labute approximate surface area is 194 Å². The minimum atomic E-state index is 0. The van der Waals surface area contributed by atoms with Crippen LogP contribution in [0.2, 0.25) is 0 Å². The molecule has 7 heteroatoms. The summed E-state index contributed by atoms with van der Waals surface area (Å²) in [6.07, 6.45) is 5.06. The van der Waals surface area contributed by atoms with E-state index in [1.165, 1.54) is 25.7 Å². The van der Waals surface area contributed by atoms with Crippen LogP contribution in [0.4, 0.5) is 0 Å². The SMILES string of the molecule is CCCCCCNCc1cc(Br)c(OCc2ccc3c(c2)OCCO3)c(OC)c1.Cl. The molecule has 3 rings (SSSR count). The Bertz CT molecular complexity index is 803. The normalized spacial score (nSPS) is 12.2. The van der Waals surface area contributed by atoms with Gasteiger partial charge in [-0.1, -0.05) is 32.3 Å². The molecular formula is C23H31BrClNO4. The van der Waals surface area contributed by atoms with Gasteiger partial charge in [0.05, 0.1) is 11.6 Å². The quantitative estimate of drug-likeness (QED) is 0.389. The molecule has 2 aromatic rings. The zero-order valence-electron chi connectivity index (χ0n) is 17.7. The minimum absolute atomic E-state index is 0. The van der Waals surface area contributed by atoms with E-state index < -0.39 is 0 Å². The lowest BCUT2D eigenvalue weighted by Gasteiger charge is -2.19. The van der Waals surface area contributed by atoms with Crippen LogP contribution in [0.1, 0.15) is 43.7 Å². The van der Waals surface area contributed by atoms with Crippen LogP contribution < -0.4 is 24.3 Å². The van der Waals surface area contributed by atoms with Crippen LogP contribution in [0, 0.1) is 0 Å². The number of hydrogen-bond acceptors (Lipinski definition) is 5. The third kappa shape index (κ3) is 6.96. The van der Waals surface area contributed by atoms with Crippen molar-refractivity contribution in [2.45, 2.75) is 45.8 Å². The van der Waals surface area contributed by atoms with E-state index in [-0.39, 0.29) is 12.4 Å². The first kappa shape index (κ1) is 24.6. The lowest BCUT2D eigenvalue weighted by Crippen LogP contribution is -2.15. The van der Waals surface area contributed by atoms with Crippen molar-refractivity contribution in [3.05, 3.63) is 45.9 Å². The van der Waals surface area contributed by atoms with Gasteiger partial charge >= 0.3 is 0 Å². The molecule has 0 radical (unpaired) electrons. The maximum atomic E-state index is 6.07. The summed E-state index contributed by atoms with van der Waals surface area (Å²) >= 11 is 3.64. The molecule has 0 aliphatic carbocycles. The number of benzene rings is 2. The molecule has 2 aromatic carbocycles. The lowest BCUT2D eigenvalue weighted by atomic mass is 10.1. The van der Waals surface area contributed by atoms with Gasteiger partial charge in [-0.05, 0) is 64.3 Å². The van der Waals surface area contributed by atoms with Gasteiger partial charge in [0.15, 0.2) is 23.0 Å². The van der Waals surface area contributed by atoms with Gasteiger partial charge in [-0.25, -0.2) is 0 Å². The first-order chi connectivity index (χ1) is 14.2. The number of methoxy groups -OCH3 is 1. The Morgan fingerprint density at radius 1 is 1.00 bits per heavy atom. The Kier molecular flexibility index (Phi) is 10.6. The largest absolute Gasteiger partial charge is 0.493 e. The van der Waals surface area contributed by atoms with E-state index in [4.69, 9.17) is 18.9 Å². The van der Waals surface area contributed by atoms with Gasteiger partial charge in [-0.3, -0.25) is 0 Å². The molecule has 0 saturated heterocycles. The fourth-order valence-electron chi connectivity index (χ4n) is 3.26. The van der Waals surface area contributed by atoms with Crippen molar-refractivity contribution in [1.82, 2.24) is 5.32 Å². The summed E-state index contributed by atoms with van der Waals surface area (Å²) in [4.78, 5) is 0. The van der Waals surface area contributed by atoms with Crippen LogP contribution in [0.3, 0.4) is 0 Å². The second-order valence-electron chi connectivity index (χ2n) is 7.11. The standard InChI is InChI=1S/C23H30BrNO4.ClH/c1-3-4-5-6-9-25-15-18-12-19(24)23(22(14-18)26-2)29-16-17-7-8-20-21(13-17)28-11-10-27-20;/h7-8,12-14,25H,3-6,9-11,15-16H2,1-2H3;1H. The van der Waals surface area contributed by atoms with Crippen molar-refractivity contribution >= 4 is 28.3 Å². The van der Waals surface area contributed by atoms with Crippen LogP contribution in [-0.4, -0.2) is 26.9 Å². The third-order valence-electron chi connectivity index (χ3n) is 4.82. The van der Waals surface area contributed by atoms with E-state index in [2.05, 4.69) is 34.2 Å². The van der Waals surface area contributed by atoms with Gasteiger partial charge in [0.25, 0.3) is 0 Å². The molecule has 0 unspecified atom stereocenters. The van der Waals surface area contributed by atoms with Crippen LogP contribution in [0.15, 0.2) is 34.8 Å². The van der Waals surface area contributed by atoms with E-state index in [0.29, 0.717) is 25.6 Å². The number of fused-ring (bicyclic) bond motifs is 1. The van der Waals surface area contributed by atoms with Crippen molar-refractivity contribution in [2.75, 3.05) is 26.9 Å². The van der Waals surface area contributed by atoms with E-state index >= 15 is 0 Å². The summed E-state index contributed by atoms with van der Waals surface area (Å²) in [6, 6.07) is 9.99. The summed E-state index contributed by atoms with van der Waals surface area (Å²) in [5.41, 5.74) is 2.18. The molecule has 1 heterocycles. The zero-order valence-corrected chi connectivity index (χ0v) is 20.1. The van der Waals surface area contributed by atoms with Crippen LogP contribution in [0.5, 0.6) is 23.0 Å². The van der Waals surface area contributed by atoms with Crippen LogP contribution in [0.25, 0.3) is 0 Å². The van der Waals surface area contributed by atoms with Crippen LogP contribution in [-0.2, 0) is 13.2 Å². The summed E-state index contributed by atoms with van der Waals surface area (Å²) < 4.78 is 23.8. The van der Waals surface area contributed by atoms with Gasteiger partial charge < -0.3 is 24.3 Å². The second kappa shape index (κ2) is 12.9. The van der Waals surface area contributed by atoms with Crippen molar-refractivity contribution in [2.24, 2.45) is 0 Å². The lowest BCUT2D eigenvalue weighted by molar-refractivity contribution is 0.171. The minimum Gasteiger partial charge on any atom is -0.493 e. The molecule has 0 fully saturated rings. The summed E-state index contributed by atoms with van der Waals surface area (Å²) in [6.45, 7) is 5.65. The van der Waals surface area contributed by atoms with Crippen LogP contribution >= 0.6 is 28.3 Å². The molecule has 0 atom stereocenters. The molecule has 0 saturated carbocycles. The summed E-state index contributed by atoms with van der Waals surface area (Å²) in [7, 11) is 1.67. The predicted octanol–water partition coefficient (Wildman–Crippen LogP) is 5.90. The number of unbranched alkanes of at least 4 members (excludes halogenated alkanes) is 3. The maximum Gasteiger partial charge on any atom is 0.175 e. The molecule has 30 heavy (non-hydrogen) atoms. The number of hydrogen-bond donors (Lipinski definition) is 1. The van der Waals surface area contributed by atoms with Gasteiger partial charge in [-0.2, -0.15) is 0 Å². The van der Waals surface area contributed by atoms with Crippen molar-refractivity contribution < 1.29 is 18.9 Å². The van der Waals surface area contributed by atoms with Gasteiger partial charge in [-0.15, -0.1) is 12.4 Å². The summed E-state index contributed by atoms with van der Waals surface area (Å²) in [5, 5.41) is 3.50. The molecule has 1 aliphatic heterocycles. The molecular weight excluding hydrogens is 470 g/mol.